The molecule has 3 aromatic rings. The molecule has 3 heterocycles. The molecule has 8 heteroatoms. The Balaban J connectivity index is 1.61. The van der Waals surface area contributed by atoms with E-state index in [4.69, 9.17) is 8.30 Å². The number of halogens is 1. The fourth-order valence-corrected chi connectivity index (χ4v) is 5.35. The van der Waals surface area contributed by atoms with Crippen molar-refractivity contribution in [3.63, 3.8) is 0 Å². The number of rotatable bonds is 8. The highest BCUT2D eigenvalue weighted by Gasteiger charge is 2.35. The molecule has 1 saturated heterocycles. The van der Waals surface area contributed by atoms with Gasteiger partial charge in [-0.2, -0.15) is 0 Å². The van der Waals surface area contributed by atoms with Gasteiger partial charge in [0.1, 0.15) is 5.75 Å². The minimum absolute atomic E-state index is 0.0166. The number of carbonyl (C=O) groups is 1. The molecule has 0 saturated carbocycles. The van der Waals surface area contributed by atoms with Gasteiger partial charge in [0.25, 0.3) is 5.91 Å². The van der Waals surface area contributed by atoms with Gasteiger partial charge in [-0.05, 0) is 71.5 Å². The summed E-state index contributed by atoms with van der Waals surface area (Å²) in [5, 5.41) is 0. The fourth-order valence-electron chi connectivity index (χ4n) is 4.40. The Morgan fingerprint density at radius 1 is 1.18 bits per heavy atom. The molecule has 2 atom stereocenters. The van der Waals surface area contributed by atoms with Crippen LogP contribution in [0.4, 0.5) is 0 Å². The second-order valence-corrected chi connectivity index (χ2v) is 10.0. The molecule has 1 N–H and O–H groups in total. The van der Waals surface area contributed by atoms with Crippen LogP contribution in [-0.4, -0.2) is 49.4 Å². The first kappa shape index (κ1) is 23.4. The molecule has 1 aromatic carbocycles. The molecule has 1 aliphatic rings. The molecular weight excluding hydrogens is 529 g/mol. The summed E-state index contributed by atoms with van der Waals surface area (Å²) < 4.78 is 14.7. The maximum atomic E-state index is 13.9. The van der Waals surface area contributed by atoms with Crippen LogP contribution in [0.5, 0.6) is 5.75 Å². The molecule has 0 radical (unpaired) electrons. The van der Waals surface area contributed by atoms with Crippen molar-refractivity contribution in [3.8, 4) is 17.1 Å². The Kier molecular flexibility index (Phi) is 8.09. The van der Waals surface area contributed by atoms with E-state index in [-0.39, 0.29) is 17.9 Å². The molecule has 0 aliphatic carbocycles. The summed E-state index contributed by atoms with van der Waals surface area (Å²) >= 11 is -0.593. The van der Waals surface area contributed by atoms with E-state index >= 15 is 0 Å². The largest absolute Gasteiger partial charge is 0.493 e. The van der Waals surface area contributed by atoms with Crippen LogP contribution in [-0.2, 0) is 0 Å². The molecule has 33 heavy (non-hydrogen) atoms. The minimum atomic E-state index is -0.593. The Labute approximate surface area is 204 Å². The third-order valence-corrected chi connectivity index (χ3v) is 7.17. The Hall–Kier alpha value is -2.75. The molecular formula is C25H28IN5O2. The van der Waals surface area contributed by atoms with Crippen LogP contribution in [0, 0.1) is 16.4 Å². The fraction of sp³-hybridized carbons (Fsp3) is 0.360. The van der Waals surface area contributed by atoms with E-state index in [0.29, 0.717) is 24.5 Å². The van der Waals surface area contributed by atoms with Gasteiger partial charge >= 0.3 is 0 Å². The second kappa shape index (κ2) is 11.4. The number of amides is 1. The summed E-state index contributed by atoms with van der Waals surface area (Å²) in [5.41, 5.74) is 2.43. The lowest BCUT2D eigenvalue weighted by Gasteiger charge is -2.41. The van der Waals surface area contributed by atoms with Crippen molar-refractivity contribution in [1.29, 1.82) is 3.56 Å². The molecule has 0 bridgehead atoms. The number of nitrogens with one attached hydrogen (secondary N) is 1. The lowest BCUT2D eigenvalue weighted by molar-refractivity contribution is 0.0401. The van der Waals surface area contributed by atoms with Crippen molar-refractivity contribution in [2.45, 2.75) is 32.2 Å². The van der Waals surface area contributed by atoms with Gasteiger partial charge in [0.05, 0.1) is 12.2 Å². The first-order valence-corrected chi connectivity index (χ1v) is 13.7. The van der Waals surface area contributed by atoms with Crippen LogP contribution in [0.25, 0.3) is 11.4 Å². The van der Waals surface area contributed by atoms with E-state index in [1.54, 1.807) is 30.9 Å². The number of aryl methyl sites for hydroxylation is 1. The summed E-state index contributed by atoms with van der Waals surface area (Å²) in [7, 11) is 0. The van der Waals surface area contributed by atoms with Gasteiger partial charge in [0, 0.05) is 53.3 Å². The molecule has 7 nitrogen and oxygen atoms in total. The number of piperidine rings is 1. The number of aromatic nitrogens is 3. The first-order chi connectivity index (χ1) is 16.2. The number of ether oxygens (including phenoxy) is 1. The average Bonchev–Trinajstić information content (AvgIpc) is 2.87. The van der Waals surface area contributed by atoms with Crippen molar-refractivity contribution >= 4 is 26.9 Å². The average molecular weight is 557 g/mol. The molecule has 1 fully saturated rings. The summed E-state index contributed by atoms with van der Waals surface area (Å²) in [6, 6.07) is 11.4. The number of nitrogens with zero attached hydrogens (tertiary/aromatic N) is 4. The van der Waals surface area contributed by atoms with Crippen molar-refractivity contribution in [1.82, 2.24) is 19.9 Å². The lowest BCUT2D eigenvalue weighted by Crippen LogP contribution is -2.50. The van der Waals surface area contributed by atoms with Crippen LogP contribution in [0.2, 0.25) is 0 Å². The molecule has 1 aliphatic heterocycles. The van der Waals surface area contributed by atoms with Crippen LogP contribution in [0.3, 0.4) is 0 Å². The highest BCUT2D eigenvalue weighted by Crippen LogP contribution is 2.31. The van der Waals surface area contributed by atoms with Crippen LogP contribution in [0.1, 0.15) is 35.2 Å². The standard InChI is InChI=1S/C25H28IN5O2/c1-18-5-6-21(24-29-11-3-12-30-24)22(16-18)25(32)31-15-2-4-19(23(31)7-10-26-27)17-33-20-8-13-28-14-9-20/h3,5-6,8-9,11-14,16,19,23,27H,2,4,7,10,15,17H2,1H3. The van der Waals surface area contributed by atoms with E-state index in [9.17, 15) is 4.79 Å². The van der Waals surface area contributed by atoms with Crippen LogP contribution < -0.4 is 4.74 Å². The highest BCUT2D eigenvalue weighted by molar-refractivity contribution is 14.1. The van der Waals surface area contributed by atoms with Crippen molar-refractivity contribution in [3.05, 3.63) is 72.3 Å². The molecule has 2 aromatic heterocycles. The SMILES string of the molecule is Cc1ccc(-c2ncccn2)c(C(=O)N2CCCC(COc3ccncc3)C2CCI=N)c1. The number of carbonyl (C=O) groups excluding carboxylic acids is 1. The van der Waals surface area contributed by atoms with Gasteiger partial charge in [0.15, 0.2) is 5.82 Å². The Morgan fingerprint density at radius 2 is 1.97 bits per heavy atom. The van der Waals surface area contributed by atoms with Crippen LogP contribution in [0.15, 0.2) is 61.2 Å². The third-order valence-electron chi connectivity index (χ3n) is 6.00. The molecule has 1 amide bonds. The monoisotopic (exact) mass is 557 g/mol. The van der Waals surface area contributed by atoms with Crippen molar-refractivity contribution in [2.75, 3.05) is 17.6 Å². The van der Waals surface area contributed by atoms with Gasteiger partial charge in [-0.3, -0.25) is 13.3 Å². The zero-order valence-corrected chi connectivity index (χ0v) is 20.8. The number of pyridine rings is 1. The lowest BCUT2D eigenvalue weighted by atomic mass is 9.87. The minimum Gasteiger partial charge on any atom is -0.493 e. The molecule has 4 rings (SSSR count). The summed E-state index contributed by atoms with van der Waals surface area (Å²) in [4.78, 5) is 28.8. The van der Waals surface area contributed by atoms with Gasteiger partial charge in [-0.1, -0.05) is 17.7 Å². The normalized spacial score (nSPS) is 18.2. The summed E-state index contributed by atoms with van der Waals surface area (Å²) in [6.45, 7) is 3.27. The highest BCUT2D eigenvalue weighted by atomic mass is 127. The number of hydrogen-bond donors (Lipinski definition) is 1. The molecule has 0 spiro atoms. The predicted octanol–water partition coefficient (Wildman–Crippen LogP) is 5.27. The third kappa shape index (κ3) is 5.79. The number of benzene rings is 1. The van der Waals surface area contributed by atoms with Gasteiger partial charge < -0.3 is 9.64 Å². The van der Waals surface area contributed by atoms with E-state index in [1.807, 2.05) is 42.2 Å². The van der Waals surface area contributed by atoms with Crippen LogP contribution >= 0.6 is 21.0 Å². The van der Waals surface area contributed by atoms with Crippen molar-refractivity contribution in [2.24, 2.45) is 5.92 Å². The number of likely N-dealkylation sites (tertiary alicyclic amines) is 1. The second-order valence-electron chi connectivity index (χ2n) is 8.19. The zero-order valence-electron chi connectivity index (χ0n) is 18.7. The smallest absolute Gasteiger partial charge is 0.254 e. The van der Waals surface area contributed by atoms with E-state index in [2.05, 4.69) is 15.0 Å². The number of alkyl halides is 1. The van der Waals surface area contributed by atoms with Crippen molar-refractivity contribution < 1.29 is 9.53 Å². The van der Waals surface area contributed by atoms with E-state index in [1.165, 1.54) is 0 Å². The van der Waals surface area contributed by atoms with Gasteiger partial charge in [-0.15, -0.1) is 0 Å². The zero-order chi connectivity index (χ0) is 23.0. The van der Waals surface area contributed by atoms with Gasteiger partial charge in [0.2, 0.25) is 0 Å². The number of hydrogen-bond acceptors (Lipinski definition) is 6. The summed E-state index contributed by atoms with van der Waals surface area (Å²) in [5.74, 6) is 1.60. The molecule has 2 unspecified atom stereocenters. The Bertz CT molecular complexity index is 1080. The predicted molar refractivity (Wildman–Crippen MR) is 136 cm³/mol. The quantitative estimate of drug-likeness (QED) is 0.301. The van der Waals surface area contributed by atoms with E-state index < -0.39 is 21.0 Å². The maximum Gasteiger partial charge on any atom is 0.254 e. The first-order valence-electron chi connectivity index (χ1n) is 11.1. The summed E-state index contributed by atoms with van der Waals surface area (Å²) in [6.07, 6.45) is 9.63. The Morgan fingerprint density at radius 3 is 2.73 bits per heavy atom. The maximum absolute atomic E-state index is 13.9. The molecule has 172 valence electrons. The van der Waals surface area contributed by atoms with Gasteiger partial charge in [-0.25, -0.2) is 9.97 Å². The topological polar surface area (TPSA) is 92.1 Å². The van der Waals surface area contributed by atoms with E-state index in [0.717, 1.165) is 40.6 Å².